The summed E-state index contributed by atoms with van der Waals surface area (Å²) in [7, 11) is 1.64. The number of aliphatic hydroxyl groups excluding tert-OH is 1. The summed E-state index contributed by atoms with van der Waals surface area (Å²) in [5, 5.41) is 13.3. The Morgan fingerprint density at radius 3 is 2.38 bits per heavy atom. The minimum atomic E-state index is -0.776. The molecule has 3 rings (SSSR count). The van der Waals surface area contributed by atoms with E-state index in [1.165, 1.54) is 0 Å². The second-order valence-corrected chi connectivity index (χ2v) is 6.29. The van der Waals surface area contributed by atoms with Gasteiger partial charge in [0.1, 0.15) is 5.75 Å². The maximum absolute atomic E-state index is 12.4. The first kappa shape index (κ1) is 16.5. The monoisotopic (exact) mass is 325 g/mol. The van der Waals surface area contributed by atoms with Gasteiger partial charge in [-0.2, -0.15) is 0 Å². The fourth-order valence-electron chi connectivity index (χ4n) is 2.92. The molecule has 24 heavy (non-hydrogen) atoms. The molecule has 1 aliphatic rings. The zero-order chi connectivity index (χ0) is 16.9. The molecular weight excluding hydrogens is 302 g/mol. The van der Waals surface area contributed by atoms with Crippen molar-refractivity contribution < 1.29 is 14.6 Å². The highest BCUT2D eigenvalue weighted by Crippen LogP contribution is 2.41. The number of hydrogen-bond donors (Lipinski definition) is 2. The molecule has 126 valence electrons. The van der Waals surface area contributed by atoms with Crippen LogP contribution in [-0.2, 0) is 4.79 Å². The molecule has 0 heterocycles. The van der Waals surface area contributed by atoms with Gasteiger partial charge in [0.05, 0.1) is 25.7 Å². The summed E-state index contributed by atoms with van der Waals surface area (Å²) in [4.78, 5) is 12.4. The van der Waals surface area contributed by atoms with Crippen molar-refractivity contribution >= 4 is 5.91 Å². The van der Waals surface area contributed by atoms with Crippen LogP contribution in [0.1, 0.15) is 42.5 Å². The summed E-state index contributed by atoms with van der Waals surface area (Å²) >= 11 is 0. The Labute approximate surface area is 142 Å². The molecule has 2 N–H and O–H groups in total. The van der Waals surface area contributed by atoms with Crippen molar-refractivity contribution in [3.63, 3.8) is 0 Å². The van der Waals surface area contributed by atoms with E-state index in [-0.39, 0.29) is 18.4 Å². The lowest BCUT2D eigenvalue weighted by Gasteiger charge is -2.20. The Kier molecular flexibility index (Phi) is 5.16. The number of ether oxygens (including phenoxy) is 1. The molecule has 2 unspecified atom stereocenters. The molecule has 4 nitrogen and oxygen atoms in total. The average molecular weight is 325 g/mol. The van der Waals surface area contributed by atoms with Gasteiger partial charge >= 0.3 is 0 Å². The highest BCUT2D eigenvalue weighted by molar-refractivity contribution is 5.77. The molecule has 1 aliphatic carbocycles. The fraction of sp³-hybridized carbons (Fsp3) is 0.350. The quantitative estimate of drug-likeness (QED) is 0.820. The molecule has 2 aromatic rings. The van der Waals surface area contributed by atoms with Crippen LogP contribution in [0.15, 0.2) is 54.6 Å². The summed E-state index contributed by atoms with van der Waals surface area (Å²) in [6.07, 6.45) is 1.54. The van der Waals surface area contributed by atoms with Gasteiger partial charge in [-0.15, -0.1) is 0 Å². The van der Waals surface area contributed by atoms with E-state index in [0.29, 0.717) is 5.92 Å². The third kappa shape index (κ3) is 4.15. The normalized spacial score (nSPS) is 16.2. The third-order valence-electron chi connectivity index (χ3n) is 4.45. The van der Waals surface area contributed by atoms with E-state index in [4.69, 9.17) is 4.74 Å². The molecule has 0 aromatic heterocycles. The van der Waals surface area contributed by atoms with Crippen LogP contribution in [0, 0.1) is 5.92 Å². The highest BCUT2D eigenvalue weighted by Gasteiger charge is 2.33. The number of nitrogens with one attached hydrogen (secondary N) is 1. The van der Waals surface area contributed by atoms with Crippen LogP contribution in [0.3, 0.4) is 0 Å². The lowest BCUT2D eigenvalue weighted by Crippen LogP contribution is -2.30. The van der Waals surface area contributed by atoms with Crippen LogP contribution in [-0.4, -0.2) is 18.1 Å². The molecule has 0 bridgehead atoms. The number of methoxy groups -OCH3 is 1. The molecule has 0 saturated heterocycles. The van der Waals surface area contributed by atoms with Crippen molar-refractivity contribution in [2.75, 3.05) is 7.11 Å². The Balaban J connectivity index is 1.63. The van der Waals surface area contributed by atoms with Gasteiger partial charge in [0.25, 0.3) is 0 Å². The summed E-state index contributed by atoms with van der Waals surface area (Å²) in [6.45, 7) is 0. The molecule has 1 amide bonds. The van der Waals surface area contributed by atoms with E-state index in [1.54, 1.807) is 7.11 Å². The number of aliphatic hydroxyl groups is 1. The average Bonchev–Trinajstić information content (AvgIpc) is 3.45. The highest BCUT2D eigenvalue weighted by atomic mass is 16.5. The number of amides is 1. The number of carbonyl (C=O) groups excluding carboxylic acids is 1. The Hall–Kier alpha value is -2.33. The number of carbonyl (C=O) groups is 1. The zero-order valence-electron chi connectivity index (χ0n) is 13.8. The predicted octanol–water partition coefficient (Wildman–Crippen LogP) is 3.39. The van der Waals surface area contributed by atoms with Crippen molar-refractivity contribution in [1.82, 2.24) is 5.32 Å². The van der Waals surface area contributed by atoms with E-state index in [1.807, 2.05) is 54.6 Å². The van der Waals surface area contributed by atoms with Gasteiger partial charge in [-0.1, -0.05) is 42.5 Å². The second-order valence-electron chi connectivity index (χ2n) is 6.29. The largest absolute Gasteiger partial charge is 0.497 e. The van der Waals surface area contributed by atoms with E-state index >= 15 is 0 Å². The van der Waals surface area contributed by atoms with Crippen LogP contribution in [0.5, 0.6) is 5.75 Å². The molecule has 0 spiro atoms. The van der Waals surface area contributed by atoms with Gasteiger partial charge in [0.2, 0.25) is 5.91 Å². The Bertz CT molecular complexity index is 665. The zero-order valence-corrected chi connectivity index (χ0v) is 13.8. The van der Waals surface area contributed by atoms with Crippen LogP contribution in [0.4, 0.5) is 0 Å². The van der Waals surface area contributed by atoms with Gasteiger partial charge in [0, 0.05) is 0 Å². The van der Waals surface area contributed by atoms with Crippen molar-refractivity contribution in [3.8, 4) is 5.75 Å². The first-order chi connectivity index (χ1) is 11.7. The maximum Gasteiger partial charge on any atom is 0.223 e. The van der Waals surface area contributed by atoms with E-state index < -0.39 is 6.10 Å². The van der Waals surface area contributed by atoms with Crippen molar-refractivity contribution in [2.45, 2.75) is 31.4 Å². The number of benzene rings is 2. The van der Waals surface area contributed by atoms with Crippen molar-refractivity contribution in [2.24, 2.45) is 5.92 Å². The van der Waals surface area contributed by atoms with E-state index in [0.717, 1.165) is 29.7 Å². The molecular formula is C20H23NO3. The molecule has 1 saturated carbocycles. The molecule has 2 atom stereocenters. The standard InChI is InChI=1S/C20H23NO3/c1-24-17-11-9-16(10-12-17)20(15-7-8-15)21-19(23)13-18(22)14-5-3-2-4-6-14/h2-6,9-12,15,18,20,22H,7-8,13H2,1H3,(H,21,23). The van der Waals surface area contributed by atoms with Gasteiger partial charge < -0.3 is 15.2 Å². The lowest BCUT2D eigenvalue weighted by atomic mass is 10.0. The molecule has 0 radical (unpaired) electrons. The SMILES string of the molecule is COc1ccc(C(NC(=O)CC(O)c2ccccc2)C2CC2)cc1. The molecule has 2 aromatic carbocycles. The summed E-state index contributed by atoms with van der Waals surface area (Å²) in [5.74, 6) is 1.16. The van der Waals surface area contributed by atoms with Crippen LogP contribution < -0.4 is 10.1 Å². The Morgan fingerprint density at radius 2 is 1.79 bits per heavy atom. The summed E-state index contributed by atoms with van der Waals surface area (Å²) < 4.78 is 5.19. The molecule has 1 fully saturated rings. The fourth-order valence-corrected chi connectivity index (χ4v) is 2.92. The Morgan fingerprint density at radius 1 is 1.12 bits per heavy atom. The smallest absolute Gasteiger partial charge is 0.223 e. The summed E-state index contributed by atoms with van der Waals surface area (Å²) in [6, 6.07) is 17.1. The maximum atomic E-state index is 12.4. The minimum absolute atomic E-state index is 0.00591. The van der Waals surface area contributed by atoms with Gasteiger partial charge in [-0.3, -0.25) is 4.79 Å². The van der Waals surface area contributed by atoms with Crippen molar-refractivity contribution in [3.05, 3.63) is 65.7 Å². The third-order valence-corrected chi connectivity index (χ3v) is 4.45. The van der Waals surface area contributed by atoms with Crippen LogP contribution in [0.2, 0.25) is 0 Å². The minimum Gasteiger partial charge on any atom is -0.497 e. The molecule has 0 aliphatic heterocycles. The molecule has 4 heteroatoms. The van der Waals surface area contributed by atoms with Crippen LogP contribution in [0.25, 0.3) is 0 Å². The number of rotatable bonds is 7. The second kappa shape index (κ2) is 7.49. The van der Waals surface area contributed by atoms with Gasteiger partial charge in [0.15, 0.2) is 0 Å². The predicted molar refractivity (Wildman–Crippen MR) is 92.6 cm³/mol. The topological polar surface area (TPSA) is 58.6 Å². The van der Waals surface area contributed by atoms with Gasteiger partial charge in [-0.05, 0) is 42.0 Å². The van der Waals surface area contributed by atoms with Gasteiger partial charge in [-0.25, -0.2) is 0 Å². The first-order valence-electron chi connectivity index (χ1n) is 8.33. The summed E-state index contributed by atoms with van der Waals surface area (Å²) in [5.41, 5.74) is 1.85. The first-order valence-corrected chi connectivity index (χ1v) is 8.33. The van der Waals surface area contributed by atoms with E-state index in [2.05, 4.69) is 5.32 Å². The number of hydrogen-bond acceptors (Lipinski definition) is 3. The van der Waals surface area contributed by atoms with Crippen LogP contribution >= 0.6 is 0 Å². The lowest BCUT2D eigenvalue weighted by molar-refractivity contribution is -0.124. The van der Waals surface area contributed by atoms with E-state index in [9.17, 15) is 9.90 Å². The van der Waals surface area contributed by atoms with Crippen molar-refractivity contribution in [1.29, 1.82) is 0 Å².